The van der Waals surface area contributed by atoms with Crippen LogP contribution in [0.5, 0.6) is 0 Å². The highest BCUT2D eigenvalue weighted by Gasteiger charge is 2.41. The number of aromatic nitrogens is 2. The topological polar surface area (TPSA) is 64.9 Å². The summed E-state index contributed by atoms with van der Waals surface area (Å²) in [5, 5.41) is 4.05. The zero-order valence-corrected chi connectivity index (χ0v) is 11.9. The van der Waals surface area contributed by atoms with Crippen molar-refractivity contribution in [1.29, 1.82) is 0 Å². The molecule has 1 atom stereocenters. The Labute approximate surface area is 117 Å². The van der Waals surface area contributed by atoms with Gasteiger partial charge in [-0.3, -0.25) is 0 Å². The molecule has 20 heavy (non-hydrogen) atoms. The lowest BCUT2D eigenvalue weighted by molar-refractivity contribution is 0.313. The second-order valence-electron chi connectivity index (χ2n) is 6.45. The van der Waals surface area contributed by atoms with E-state index in [2.05, 4.69) is 10.1 Å². The molecule has 0 bridgehead atoms. The number of halogens is 1. The Morgan fingerprint density at radius 1 is 1.35 bits per heavy atom. The molecular weight excluding hydrogens is 257 g/mol. The predicted molar refractivity (Wildman–Crippen MR) is 72.7 cm³/mol. The molecule has 1 heterocycles. The van der Waals surface area contributed by atoms with Gasteiger partial charge in [0, 0.05) is 5.41 Å². The van der Waals surface area contributed by atoms with Crippen LogP contribution in [0.1, 0.15) is 50.0 Å². The summed E-state index contributed by atoms with van der Waals surface area (Å²) < 4.78 is 18.6. The normalized spacial score (nSPS) is 22.1. The highest BCUT2D eigenvalue weighted by Crippen LogP contribution is 2.39. The maximum Gasteiger partial charge on any atom is 0.232 e. The van der Waals surface area contributed by atoms with Gasteiger partial charge in [-0.2, -0.15) is 4.98 Å². The van der Waals surface area contributed by atoms with Crippen molar-refractivity contribution in [3.8, 4) is 0 Å². The zero-order valence-electron chi connectivity index (χ0n) is 11.9. The zero-order chi connectivity index (χ0) is 14.5. The first-order valence-corrected chi connectivity index (χ1v) is 6.73. The third-order valence-electron chi connectivity index (χ3n) is 3.80. The average Bonchev–Trinajstić information content (AvgIpc) is 2.95. The van der Waals surface area contributed by atoms with Crippen molar-refractivity contribution in [2.24, 2.45) is 5.73 Å². The van der Waals surface area contributed by atoms with Crippen molar-refractivity contribution in [3.05, 3.63) is 46.9 Å². The van der Waals surface area contributed by atoms with E-state index < -0.39 is 5.54 Å². The standard InChI is InChI=1S/C15H18FN3O/c1-14(2,3)13-18-12(19-20-13)15(17)7-6-9-8-10(16)4-5-11(9)15/h4-5,8H,6-7,17H2,1-3H3. The second kappa shape index (κ2) is 4.12. The SMILES string of the molecule is CC(C)(C)c1nc(C2(N)CCc3cc(F)ccc32)no1. The first-order chi connectivity index (χ1) is 9.30. The Balaban J connectivity index is 2.05. The average molecular weight is 275 g/mol. The van der Waals surface area contributed by atoms with Gasteiger partial charge in [-0.15, -0.1) is 0 Å². The molecule has 1 aliphatic rings. The van der Waals surface area contributed by atoms with Gasteiger partial charge in [0.2, 0.25) is 5.89 Å². The van der Waals surface area contributed by atoms with E-state index in [1.807, 2.05) is 20.8 Å². The van der Waals surface area contributed by atoms with Crippen LogP contribution in [-0.4, -0.2) is 10.1 Å². The molecule has 0 fully saturated rings. The summed E-state index contributed by atoms with van der Waals surface area (Å²) in [6.45, 7) is 6.02. The Morgan fingerprint density at radius 3 is 2.75 bits per heavy atom. The van der Waals surface area contributed by atoms with Gasteiger partial charge in [-0.25, -0.2) is 4.39 Å². The first-order valence-electron chi connectivity index (χ1n) is 6.73. The smallest absolute Gasteiger partial charge is 0.232 e. The molecule has 0 saturated carbocycles. The molecule has 0 aliphatic heterocycles. The summed E-state index contributed by atoms with van der Waals surface area (Å²) in [4.78, 5) is 4.46. The van der Waals surface area contributed by atoms with E-state index in [1.54, 1.807) is 6.07 Å². The van der Waals surface area contributed by atoms with Gasteiger partial charge in [0.05, 0.1) is 0 Å². The summed E-state index contributed by atoms with van der Waals surface area (Å²) in [7, 11) is 0. The minimum atomic E-state index is -0.782. The van der Waals surface area contributed by atoms with E-state index >= 15 is 0 Å². The van der Waals surface area contributed by atoms with Gasteiger partial charge < -0.3 is 10.3 Å². The van der Waals surface area contributed by atoms with Crippen molar-refractivity contribution in [1.82, 2.24) is 10.1 Å². The van der Waals surface area contributed by atoms with E-state index in [1.165, 1.54) is 12.1 Å². The summed E-state index contributed by atoms with van der Waals surface area (Å²) in [5.74, 6) is 0.803. The van der Waals surface area contributed by atoms with Gasteiger partial charge in [0.1, 0.15) is 11.4 Å². The Morgan fingerprint density at radius 2 is 2.10 bits per heavy atom. The molecule has 1 aromatic carbocycles. The van der Waals surface area contributed by atoms with Crippen molar-refractivity contribution < 1.29 is 8.91 Å². The highest BCUT2D eigenvalue weighted by atomic mass is 19.1. The van der Waals surface area contributed by atoms with Crippen LogP contribution in [-0.2, 0) is 17.4 Å². The van der Waals surface area contributed by atoms with Gasteiger partial charge in [0.15, 0.2) is 5.82 Å². The number of benzene rings is 1. The molecule has 106 valence electrons. The molecule has 0 amide bonds. The van der Waals surface area contributed by atoms with Crippen LogP contribution in [0.3, 0.4) is 0 Å². The third kappa shape index (κ3) is 1.93. The largest absolute Gasteiger partial charge is 0.339 e. The molecule has 1 aliphatic carbocycles. The maximum atomic E-state index is 13.3. The van der Waals surface area contributed by atoms with Crippen LogP contribution < -0.4 is 5.73 Å². The molecule has 0 spiro atoms. The fraction of sp³-hybridized carbons (Fsp3) is 0.467. The first kappa shape index (κ1) is 13.2. The molecule has 1 aromatic heterocycles. The molecule has 0 saturated heterocycles. The number of hydrogen-bond acceptors (Lipinski definition) is 4. The minimum Gasteiger partial charge on any atom is -0.339 e. The van der Waals surface area contributed by atoms with Crippen LogP contribution in [0.2, 0.25) is 0 Å². The van der Waals surface area contributed by atoms with Gasteiger partial charge in [-0.1, -0.05) is 32.0 Å². The minimum absolute atomic E-state index is 0.216. The molecule has 2 aromatic rings. The fourth-order valence-electron chi connectivity index (χ4n) is 2.61. The fourth-order valence-corrected chi connectivity index (χ4v) is 2.61. The summed E-state index contributed by atoms with van der Waals surface area (Å²) >= 11 is 0. The molecule has 5 heteroatoms. The quantitative estimate of drug-likeness (QED) is 0.869. The van der Waals surface area contributed by atoms with E-state index in [0.29, 0.717) is 18.1 Å². The van der Waals surface area contributed by atoms with Crippen LogP contribution >= 0.6 is 0 Å². The number of nitrogens with zero attached hydrogens (tertiary/aromatic N) is 2. The van der Waals surface area contributed by atoms with E-state index in [9.17, 15) is 4.39 Å². The van der Waals surface area contributed by atoms with Crippen LogP contribution in [0, 0.1) is 5.82 Å². The summed E-state index contributed by atoms with van der Waals surface area (Å²) in [6, 6.07) is 4.69. The van der Waals surface area contributed by atoms with Gasteiger partial charge in [0.25, 0.3) is 0 Å². The second-order valence-corrected chi connectivity index (χ2v) is 6.45. The number of rotatable bonds is 1. The molecule has 3 rings (SSSR count). The Bertz CT molecular complexity index is 659. The van der Waals surface area contributed by atoms with E-state index in [4.69, 9.17) is 10.3 Å². The lowest BCUT2D eigenvalue weighted by Crippen LogP contribution is -2.36. The van der Waals surface area contributed by atoms with Crippen LogP contribution in [0.4, 0.5) is 4.39 Å². The molecule has 4 nitrogen and oxygen atoms in total. The molecular formula is C15H18FN3O. The Hall–Kier alpha value is -1.75. The van der Waals surface area contributed by atoms with E-state index in [0.717, 1.165) is 17.5 Å². The number of nitrogens with two attached hydrogens (primary N) is 1. The van der Waals surface area contributed by atoms with Gasteiger partial charge >= 0.3 is 0 Å². The third-order valence-corrected chi connectivity index (χ3v) is 3.80. The van der Waals surface area contributed by atoms with Crippen molar-refractivity contribution in [3.63, 3.8) is 0 Å². The van der Waals surface area contributed by atoms with Crippen LogP contribution in [0.15, 0.2) is 22.7 Å². The van der Waals surface area contributed by atoms with Gasteiger partial charge in [-0.05, 0) is 36.1 Å². The molecule has 0 radical (unpaired) electrons. The monoisotopic (exact) mass is 275 g/mol. The van der Waals surface area contributed by atoms with Crippen molar-refractivity contribution >= 4 is 0 Å². The highest BCUT2D eigenvalue weighted by molar-refractivity contribution is 5.43. The predicted octanol–water partition coefficient (Wildman–Crippen LogP) is 2.65. The molecule has 1 unspecified atom stereocenters. The lowest BCUT2D eigenvalue weighted by atomic mass is 9.92. The van der Waals surface area contributed by atoms with Crippen LogP contribution in [0.25, 0.3) is 0 Å². The Kier molecular flexibility index (Phi) is 2.73. The van der Waals surface area contributed by atoms with Crippen molar-refractivity contribution in [2.75, 3.05) is 0 Å². The number of hydrogen-bond donors (Lipinski definition) is 1. The lowest BCUT2D eigenvalue weighted by Gasteiger charge is -2.21. The number of fused-ring (bicyclic) bond motifs is 1. The summed E-state index contributed by atoms with van der Waals surface area (Å²) in [5.41, 5.74) is 7.31. The summed E-state index contributed by atoms with van der Waals surface area (Å²) in [6.07, 6.45) is 1.39. The maximum absolute atomic E-state index is 13.3. The van der Waals surface area contributed by atoms with E-state index in [-0.39, 0.29) is 11.2 Å². The number of aryl methyl sites for hydroxylation is 1. The van der Waals surface area contributed by atoms with Crippen molar-refractivity contribution in [2.45, 2.75) is 44.6 Å². The molecule has 2 N–H and O–H groups in total.